The third-order valence-electron chi connectivity index (χ3n) is 8.54. The third kappa shape index (κ3) is 6.86. The Balaban J connectivity index is 1.54. The molecule has 1 aliphatic heterocycles. The highest BCUT2D eigenvalue weighted by Crippen LogP contribution is 2.46. The molecule has 1 N–H and O–H groups in total. The van der Waals surface area contributed by atoms with Gasteiger partial charge in [-0.2, -0.15) is 0 Å². The second-order valence-electron chi connectivity index (χ2n) is 11.4. The summed E-state index contributed by atoms with van der Waals surface area (Å²) in [6.45, 7) is 3.66. The van der Waals surface area contributed by atoms with Crippen molar-refractivity contribution < 1.29 is 19.5 Å². The Labute approximate surface area is 259 Å². The van der Waals surface area contributed by atoms with Crippen LogP contribution in [-0.2, 0) is 19.4 Å². The average molecular weight is 596 g/mol. The van der Waals surface area contributed by atoms with Crippen molar-refractivity contribution in [1.82, 2.24) is 9.88 Å². The molecule has 1 aliphatic rings. The van der Waals surface area contributed by atoms with Gasteiger partial charge in [-0.1, -0.05) is 69.0 Å². The van der Waals surface area contributed by atoms with Crippen molar-refractivity contribution in [2.45, 2.75) is 64.5 Å². The topological polar surface area (TPSA) is 98.0 Å². The monoisotopic (exact) mass is 595 g/mol. The Morgan fingerprint density at radius 3 is 2.39 bits per heavy atom. The molecule has 0 radical (unpaired) electrons. The summed E-state index contributed by atoms with van der Waals surface area (Å²) in [7, 11) is 3.29. The number of hydrogen-bond donors (Lipinski definition) is 1. The minimum Gasteiger partial charge on any atom is -0.505 e. The van der Waals surface area contributed by atoms with Crippen LogP contribution in [0.1, 0.15) is 73.1 Å². The molecule has 0 amide bonds. The van der Waals surface area contributed by atoms with Crippen LogP contribution in [-0.4, -0.2) is 40.7 Å². The molecule has 0 saturated carbocycles. The molecular formula is C36H41N3O5. The number of nitro groups is 1. The van der Waals surface area contributed by atoms with Gasteiger partial charge >= 0.3 is 0 Å². The lowest BCUT2D eigenvalue weighted by Crippen LogP contribution is -2.25. The van der Waals surface area contributed by atoms with Gasteiger partial charge in [0.1, 0.15) is 5.75 Å². The van der Waals surface area contributed by atoms with Gasteiger partial charge < -0.3 is 14.6 Å². The van der Waals surface area contributed by atoms with Crippen LogP contribution >= 0.6 is 0 Å². The fourth-order valence-corrected chi connectivity index (χ4v) is 6.20. The maximum atomic E-state index is 11.7. The number of methoxy groups -OCH3 is 2. The smallest absolute Gasteiger partial charge is 0.269 e. The highest BCUT2D eigenvalue weighted by molar-refractivity contribution is 5.77. The fourth-order valence-electron chi connectivity index (χ4n) is 6.20. The fraction of sp³-hybridized carbons (Fsp3) is 0.361. The van der Waals surface area contributed by atoms with E-state index in [1.807, 2.05) is 42.5 Å². The maximum absolute atomic E-state index is 11.7. The summed E-state index contributed by atoms with van der Waals surface area (Å²) in [6.07, 6.45) is 6.90. The number of aromatic nitrogens is 1. The minimum atomic E-state index is -0.399. The van der Waals surface area contributed by atoms with E-state index in [2.05, 4.69) is 17.9 Å². The van der Waals surface area contributed by atoms with Gasteiger partial charge in [-0.3, -0.25) is 20.0 Å². The molecule has 2 heterocycles. The molecule has 0 spiro atoms. The van der Waals surface area contributed by atoms with Crippen LogP contribution in [0.15, 0.2) is 72.8 Å². The summed E-state index contributed by atoms with van der Waals surface area (Å²) in [5, 5.41) is 23.1. The molecule has 44 heavy (non-hydrogen) atoms. The number of aromatic hydroxyl groups is 1. The summed E-state index contributed by atoms with van der Waals surface area (Å²) >= 11 is 0. The van der Waals surface area contributed by atoms with E-state index < -0.39 is 4.92 Å². The van der Waals surface area contributed by atoms with E-state index >= 15 is 0 Å². The van der Waals surface area contributed by atoms with Crippen molar-refractivity contribution >= 4 is 5.69 Å². The van der Waals surface area contributed by atoms with E-state index in [0.717, 1.165) is 65.7 Å². The quantitative estimate of drug-likeness (QED) is 0.0895. The average Bonchev–Trinajstić information content (AvgIpc) is 3.39. The van der Waals surface area contributed by atoms with Gasteiger partial charge in [0, 0.05) is 42.8 Å². The van der Waals surface area contributed by atoms with Crippen molar-refractivity contribution in [3.05, 3.63) is 111 Å². The van der Waals surface area contributed by atoms with Gasteiger partial charge in [-0.05, 0) is 53.8 Å². The summed E-state index contributed by atoms with van der Waals surface area (Å²) in [5.74, 6) is 1.56. The van der Waals surface area contributed by atoms with Gasteiger partial charge in [-0.25, -0.2) is 0 Å². The highest BCUT2D eigenvalue weighted by Gasteiger charge is 2.35. The first kappa shape index (κ1) is 31.0. The van der Waals surface area contributed by atoms with Crippen molar-refractivity contribution in [3.8, 4) is 28.4 Å². The van der Waals surface area contributed by atoms with E-state index in [-0.39, 0.29) is 17.5 Å². The molecule has 1 aromatic heterocycles. The second kappa shape index (κ2) is 14.4. The molecule has 5 rings (SSSR count). The number of fused-ring (bicyclic) bond motifs is 1. The van der Waals surface area contributed by atoms with Gasteiger partial charge in [0.15, 0.2) is 11.5 Å². The number of non-ortho nitro benzene ring substituents is 1. The number of ether oxygens (including phenoxy) is 2. The standard InChI is InChI=1S/C36H41N3O5/c1-4-5-6-10-13-31-35-29(24-38(31)21-20-26-14-19-32(43-2)33(23-26)44-3)34(27-15-17-28(18-16-27)39(41)42)36(40)30(37-35)22-25-11-8-7-9-12-25/h7-9,11-12,14-19,23,31,40H,4-6,10,13,20-22,24H2,1-3H3. The first-order valence-corrected chi connectivity index (χ1v) is 15.4. The molecule has 0 aliphatic carbocycles. The predicted octanol–water partition coefficient (Wildman–Crippen LogP) is 8.04. The van der Waals surface area contributed by atoms with Crippen molar-refractivity contribution in [2.75, 3.05) is 20.8 Å². The summed E-state index contributed by atoms with van der Waals surface area (Å²) in [4.78, 5) is 18.6. The normalized spacial score (nSPS) is 14.4. The number of hydrogen-bond acceptors (Lipinski definition) is 7. The first-order valence-electron chi connectivity index (χ1n) is 15.4. The van der Waals surface area contributed by atoms with Crippen LogP contribution in [0.4, 0.5) is 5.69 Å². The molecule has 0 fully saturated rings. The van der Waals surface area contributed by atoms with Crippen LogP contribution in [0.25, 0.3) is 11.1 Å². The van der Waals surface area contributed by atoms with Crippen LogP contribution in [0, 0.1) is 10.1 Å². The summed E-state index contributed by atoms with van der Waals surface area (Å²) < 4.78 is 11.0. The lowest BCUT2D eigenvalue weighted by molar-refractivity contribution is -0.384. The molecule has 230 valence electrons. The molecule has 0 bridgehead atoms. The zero-order chi connectivity index (χ0) is 31.1. The number of nitro benzene ring substituents is 1. The molecule has 8 nitrogen and oxygen atoms in total. The van der Waals surface area contributed by atoms with Gasteiger partial charge in [0.05, 0.1) is 36.6 Å². The van der Waals surface area contributed by atoms with E-state index in [1.165, 1.54) is 25.0 Å². The maximum Gasteiger partial charge on any atom is 0.269 e. The van der Waals surface area contributed by atoms with E-state index in [4.69, 9.17) is 14.5 Å². The summed E-state index contributed by atoms with van der Waals surface area (Å²) in [6, 6.07) is 22.7. The number of pyridine rings is 1. The van der Waals surface area contributed by atoms with Crippen molar-refractivity contribution in [3.63, 3.8) is 0 Å². The SMILES string of the molecule is CCCCCCC1c2nc(Cc3ccccc3)c(O)c(-c3ccc([N+](=O)[O-])cc3)c2CN1CCc1ccc(OC)c(OC)c1. The van der Waals surface area contributed by atoms with Crippen LogP contribution in [0.2, 0.25) is 0 Å². The largest absolute Gasteiger partial charge is 0.505 e. The Hall–Kier alpha value is -4.43. The van der Waals surface area contributed by atoms with Crippen LogP contribution < -0.4 is 9.47 Å². The predicted molar refractivity (Wildman–Crippen MR) is 172 cm³/mol. The first-order chi connectivity index (χ1) is 21.4. The molecule has 0 saturated heterocycles. The Morgan fingerprint density at radius 1 is 0.955 bits per heavy atom. The van der Waals surface area contributed by atoms with E-state index in [1.54, 1.807) is 26.4 Å². The molecule has 8 heteroatoms. The third-order valence-corrected chi connectivity index (χ3v) is 8.54. The Morgan fingerprint density at radius 2 is 1.70 bits per heavy atom. The zero-order valence-corrected chi connectivity index (χ0v) is 25.8. The lowest BCUT2D eigenvalue weighted by Gasteiger charge is -2.25. The zero-order valence-electron chi connectivity index (χ0n) is 25.8. The molecule has 1 atom stereocenters. The molecular weight excluding hydrogens is 554 g/mol. The number of benzene rings is 3. The van der Waals surface area contributed by atoms with Gasteiger partial charge in [0.25, 0.3) is 5.69 Å². The Kier molecular flexibility index (Phi) is 10.1. The molecule has 4 aromatic rings. The second-order valence-corrected chi connectivity index (χ2v) is 11.4. The van der Waals surface area contributed by atoms with Gasteiger partial charge in [-0.15, -0.1) is 0 Å². The lowest BCUT2D eigenvalue weighted by atomic mass is 9.94. The summed E-state index contributed by atoms with van der Waals surface area (Å²) in [5.41, 5.74) is 6.35. The number of unbranched alkanes of at least 4 members (excludes halogenated alkanes) is 3. The minimum absolute atomic E-state index is 0.0220. The van der Waals surface area contributed by atoms with E-state index in [0.29, 0.717) is 30.2 Å². The number of rotatable bonds is 14. The van der Waals surface area contributed by atoms with Crippen LogP contribution in [0.3, 0.4) is 0 Å². The highest BCUT2D eigenvalue weighted by atomic mass is 16.6. The Bertz CT molecular complexity index is 1570. The van der Waals surface area contributed by atoms with Crippen molar-refractivity contribution in [2.24, 2.45) is 0 Å². The van der Waals surface area contributed by atoms with E-state index in [9.17, 15) is 15.2 Å². The van der Waals surface area contributed by atoms with Crippen molar-refractivity contribution in [1.29, 1.82) is 0 Å². The van der Waals surface area contributed by atoms with Gasteiger partial charge in [0.2, 0.25) is 0 Å². The number of nitrogens with zero attached hydrogens (tertiary/aromatic N) is 3. The molecule has 3 aromatic carbocycles. The van der Waals surface area contributed by atoms with Crippen LogP contribution in [0.5, 0.6) is 17.2 Å². The molecule has 1 unspecified atom stereocenters.